The number of aromatic amines is 1. The molecular weight excluding hydrogens is 316 g/mol. The Morgan fingerprint density at radius 3 is 2.80 bits per heavy atom. The van der Waals surface area contributed by atoms with Gasteiger partial charge in [-0.2, -0.15) is 0 Å². The van der Waals surface area contributed by atoms with E-state index >= 15 is 0 Å². The summed E-state index contributed by atoms with van der Waals surface area (Å²) in [6, 6.07) is 5.64. The highest BCUT2D eigenvalue weighted by Crippen LogP contribution is 2.23. The maximum absolute atomic E-state index is 12.4. The van der Waals surface area contributed by atoms with Crippen LogP contribution >= 0.6 is 0 Å². The van der Waals surface area contributed by atoms with Crippen molar-refractivity contribution in [2.24, 2.45) is 5.92 Å². The van der Waals surface area contributed by atoms with Crippen molar-refractivity contribution in [1.82, 2.24) is 20.3 Å². The highest BCUT2D eigenvalue weighted by Gasteiger charge is 2.23. The number of rotatable bonds is 4. The summed E-state index contributed by atoms with van der Waals surface area (Å²) >= 11 is 0. The molecule has 132 valence electrons. The minimum Gasteiger partial charge on any atom is -0.353 e. The van der Waals surface area contributed by atoms with Crippen LogP contribution in [0.25, 0.3) is 11.5 Å². The highest BCUT2D eigenvalue weighted by molar-refractivity contribution is 5.79. The van der Waals surface area contributed by atoms with Gasteiger partial charge in [0.2, 0.25) is 5.91 Å². The van der Waals surface area contributed by atoms with Crippen molar-refractivity contribution < 1.29 is 4.79 Å². The van der Waals surface area contributed by atoms with Gasteiger partial charge in [0.05, 0.1) is 6.42 Å². The van der Waals surface area contributed by atoms with Crippen LogP contribution in [0.2, 0.25) is 0 Å². The normalized spacial score (nSPS) is 20.2. The molecule has 3 rings (SSSR count). The van der Waals surface area contributed by atoms with Gasteiger partial charge in [0, 0.05) is 23.5 Å². The summed E-state index contributed by atoms with van der Waals surface area (Å²) in [4.78, 5) is 36.2. The lowest BCUT2D eigenvalue weighted by atomic mass is 9.86. The van der Waals surface area contributed by atoms with Crippen molar-refractivity contribution in [3.8, 4) is 11.5 Å². The molecule has 2 atom stereocenters. The number of nitrogens with one attached hydrogen (secondary N) is 2. The summed E-state index contributed by atoms with van der Waals surface area (Å²) in [6.07, 6.45) is 6.24. The molecule has 1 aliphatic rings. The molecule has 2 aromatic heterocycles. The van der Waals surface area contributed by atoms with Crippen LogP contribution < -0.4 is 10.9 Å². The van der Waals surface area contributed by atoms with Gasteiger partial charge in [-0.15, -0.1) is 0 Å². The molecular formula is C19H24N4O2. The van der Waals surface area contributed by atoms with Crippen LogP contribution in [0.5, 0.6) is 0 Å². The monoisotopic (exact) mass is 340 g/mol. The van der Waals surface area contributed by atoms with E-state index in [1.165, 1.54) is 6.42 Å². The molecule has 2 aromatic rings. The second-order valence-corrected chi connectivity index (χ2v) is 6.81. The largest absolute Gasteiger partial charge is 0.353 e. The Morgan fingerprint density at radius 1 is 1.32 bits per heavy atom. The molecule has 1 saturated carbocycles. The van der Waals surface area contributed by atoms with E-state index < -0.39 is 0 Å². The number of H-pyrrole nitrogens is 1. The maximum Gasteiger partial charge on any atom is 0.255 e. The fourth-order valence-electron chi connectivity index (χ4n) is 3.39. The van der Waals surface area contributed by atoms with Gasteiger partial charge in [-0.1, -0.05) is 25.8 Å². The first-order chi connectivity index (χ1) is 12.0. The summed E-state index contributed by atoms with van der Waals surface area (Å²) in [5.41, 5.74) is 1.31. The van der Waals surface area contributed by atoms with Gasteiger partial charge in [-0.25, -0.2) is 4.98 Å². The Kier molecular flexibility index (Phi) is 5.26. The van der Waals surface area contributed by atoms with Crippen LogP contribution in [0.1, 0.15) is 43.9 Å². The number of amides is 1. The summed E-state index contributed by atoms with van der Waals surface area (Å²) in [6.45, 7) is 3.93. The van der Waals surface area contributed by atoms with E-state index in [0.29, 0.717) is 28.7 Å². The lowest BCUT2D eigenvalue weighted by Crippen LogP contribution is -2.42. The number of aromatic nitrogens is 3. The average Bonchev–Trinajstić information content (AvgIpc) is 2.61. The number of carbonyl (C=O) groups excluding carboxylic acids is 1. The Morgan fingerprint density at radius 2 is 2.12 bits per heavy atom. The van der Waals surface area contributed by atoms with Gasteiger partial charge >= 0.3 is 0 Å². The Hall–Kier alpha value is -2.50. The first kappa shape index (κ1) is 17.3. The maximum atomic E-state index is 12.4. The third-order valence-electron chi connectivity index (χ3n) is 4.92. The topological polar surface area (TPSA) is 87.7 Å². The van der Waals surface area contributed by atoms with Crippen LogP contribution in [0.15, 0.2) is 29.2 Å². The minimum atomic E-state index is -0.278. The number of hydrogen-bond acceptors (Lipinski definition) is 4. The summed E-state index contributed by atoms with van der Waals surface area (Å²) < 4.78 is 0. The predicted octanol–water partition coefficient (Wildman–Crippen LogP) is 2.38. The van der Waals surface area contributed by atoms with Crippen LogP contribution in [0.4, 0.5) is 0 Å². The fraction of sp³-hybridized carbons (Fsp3) is 0.474. The number of hydrogen-bond donors (Lipinski definition) is 2. The fourth-order valence-corrected chi connectivity index (χ4v) is 3.39. The Balaban J connectivity index is 1.74. The van der Waals surface area contributed by atoms with Gasteiger partial charge in [0.1, 0.15) is 5.69 Å². The molecule has 6 nitrogen and oxygen atoms in total. The molecule has 1 fully saturated rings. The summed E-state index contributed by atoms with van der Waals surface area (Å²) in [5, 5.41) is 3.09. The molecule has 0 aliphatic heterocycles. The molecule has 0 bridgehead atoms. The zero-order chi connectivity index (χ0) is 17.8. The first-order valence-electron chi connectivity index (χ1n) is 8.85. The second kappa shape index (κ2) is 7.59. The Bertz CT molecular complexity index is 801. The predicted molar refractivity (Wildman–Crippen MR) is 96.1 cm³/mol. The van der Waals surface area contributed by atoms with Gasteiger partial charge in [0.15, 0.2) is 5.82 Å². The SMILES string of the molecule is Cc1nc(-c2ccccn2)[nH]c(=O)c1CC(=O)N[C@@H]1CCCC[C@@H]1C. The zero-order valence-corrected chi connectivity index (χ0v) is 14.7. The van der Waals surface area contributed by atoms with E-state index in [9.17, 15) is 9.59 Å². The van der Waals surface area contributed by atoms with E-state index in [1.54, 1.807) is 25.3 Å². The molecule has 0 spiro atoms. The highest BCUT2D eigenvalue weighted by atomic mass is 16.2. The van der Waals surface area contributed by atoms with E-state index in [2.05, 4.69) is 27.2 Å². The van der Waals surface area contributed by atoms with Gasteiger partial charge < -0.3 is 10.3 Å². The molecule has 1 aliphatic carbocycles. The molecule has 0 radical (unpaired) electrons. The molecule has 2 heterocycles. The lowest BCUT2D eigenvalue weighted by Gasteiger charge is -2.29. The van der Waals surface area contributed by atoms with Gasteiger partial charge in [0.25, 0.3) is 5.56 Å². The van der Waals surface area contributed by atoms with E-state index in [0.717, 1.165) is 19.3 Å². The quantitative estimate of drug-likeness (QED) is 0.894. The zero-order valence-electron chi connectivity index (χ0n) is 14.7. The number of carbonyl (C=O) groups is 1. The van der Waals surface area contributed by atoms with Crippen LogP contribution in [0, 0.1) is 12.8 Å². The first-order valence-corrected chi connectivity index (χ1v) is 8.85. The van der Waals surface area contributed by atoms with Crippen LogP contribution in [-0.2, 0) is 11.2 Å². The van der Waals surface area contributed by atoms with Gasteiger partial charge in [-0.3, -0.25) is 14.6 Å². The number of nitrogens with zero attached hydrogens (tertiary/aromatic N) is 2. The molecule has 0 saturated heterocycles. The third-order valence-corrected chi connectivity index (χ3v) is 4.92. The van der Waals surface area contributed by atoms with E-state index in [4.69, 9.17) is 0 Å². The summed E-state index contributed by atoms with van der Waals surface area (Å²) in [5.74, 6) is 0.801. The standard InChI is InChI=1S/C19H24N4O2/c1-12-7-3-4-8-15(12)22-17(24)11-14-13(2)21-18(23-19(14)25)16-9-5-6-10-20-16/h5-6,9-10,12,15H,3-4,7-8,11H2,1-2H3,(H,22,24)(H,21,23,25)/t12-,15+/m0/s1. The minimum absolute atomic E-state index is 0.0554. The van der Waals surface area contributed by atoms with Crippen molar-refractivity contribution in [2.45, 2.75) is 52.0 Å². The van der Waals surface area contributed by atoms with Crippen LogP contribution in [-0.4, -0.2) is 26.9 Å². The van der Waals surface area contributed by atoms with E-state index in [1.807, 2.05) is 6.07 Å². The third kappa shape index (κ3) is 4.13. The van der Waals surface area contributed by atoms with E-state index in [-0.39, 0.29) is 23.9 Å². The van der Waals surface area contributed by atoms with Crippen molar-refractivity contribution in [2.75, 3.05) is 0 Å². The molecule has 0 unspecified atom stereocenters. The van der Waals surface area contributed by atoms with Crippen molar-refractivity contribution in [3.63, 3.8) is 0 Å². The number of pyridine rings is 1. The van der Waals surface area contributed by atoms with Crippen LogP contribution in [0.3, 0.4) is 0 Å². The van der Waals surface area contributed by atoms with Crippen molar-refractivity contribution in [1.29, 1.82) is 0 Å². The number of aryl methyl sites for hydroxylation is 1. The van der Waals surface area contributed by atoms with Crippen molar-refractivity contribution in [3.05, 3.63) is 46.0 Å². The van der Waals surface area contributed by atoms with Crippen molar-refractivity contribution >= 4 is 5.91 Å². The van der Waals surface area contributed by atoms with Gasteiger partial charge in [-0.05, 0) is 37.8 Å². The molecule has 6 heteroatoms. The molecule has 0 aromatic carbocycles. The summed E-state index contributed by atoms with van der Waals surface area (Å²) in [7, 11) is 0. The molecule has 25 heavy (non-hydrogen) atoms. The Labute approximate surface area is 147 Å². The second-order valence-electron chi connectivity index (χ2n) is 6.81. The molecule has 2 N–H and O–H groups in total. The lowest BCUT2D eigenvalue weighted by molar-refractivity contribution is -0.121. The molecule has 1 amide bonds. The average molecular weight is 340 g/mol. The smallest absolute Gasteiger partial charge is 0.255 e.